The van der Waals surface area contributed by atoms with Crippen LogP contribution in [0.1, 0.15) is 86.1 Å². The summed E-state index contributed by atoms with van der Waals surface area (Å²) in [5.74, 6) is -0.311. The topological polar surface area (TPSA) is 63.2 Å². The third kappa shape index (κ3) is 5.23. The van der Waals surface area contributed by atoms with Gasteiger partial charge in [0.15, 0.2) is 0 Å². The van der Waals surface area contributed by atoms with Crippen LogP contribution in [0.5, 0.6) is 0 Å². The number of hydrogen-bond donors (Lipinski definition) is 0. The summed E-state index contributed by atoms with van der Waals surface area (Å²) in [6.45, 7) is 15.2. The molecule has 1 aromatic rings. The second-order valence-corrected chi connectivity index (χ2v) is 12.4. The number of ether oxygens (including phenoxy) is 3. The number of esters is 1. The molecule has 188 valence electrons. The quantitative estimate of drug-likeness (QED) is 0.330. The van der Waals surface area contributed by atoms with Crippen LogP contribution in [0.25, 0.3) is 0 Å². The van der Waals surface area contributed by atoms with E-state index in [0.29, 0.717) is 6.61 Å². The summed E-state index contributed by atoms with van der Waals surface area (Å²) in [4.78, 5) is 11.9. The van der Waals surface area contributed by atoms with E-state index in [1.54, 1.807) is 0 Å². The first-order valence-corrected chi connectivity index (χ1v) is 12.6. The van der Waals surface area contributed by atoms with Crippen LogP contribution in [0.15, 0.2) is 24.3 Å². The Balaban J connectivity index is 1.33. The van der Waals surface area contributed by atoms with Crippen LogP contribution in [0, 0.1) is 5.41 Å². The Hall–Kier alpha value is -1.41. The number of rotatable bonds is 7. The molecule has 2 bridgehead atoms. The molecule has 1 saturated carbocycles. The molecule has 6 nitrogen and oxygen atoms in total. The van der Waals surface area contributed by atoms with Crippen molar-refractivity contribution in [3.8, 4) is 0 Å². The smallest absolute Gasteiger partial charge is 0.458 e. The van der Waals surface area contributed by atoms with Gasteiger partial charge in [0.05, 0.1) is 23.4 Å². The zero-order chi connectivity index (χ0) is 24.8. The van der Waals surface area contributed by atoms with Gasteiger partial charge in [0.2, 0.25) is 0 Å². The highest BCUT2D eigenvalue weighted by Crippen LogP contribution is 2.54. The third-order valence-corrected chi connectivity index (χ3v) is 8.13. The minimum absolute atomic E-state index is 0.00383. The predicted octanol–water partition coefficient (Wildman–Crippen LogP) is 4.52. The molecule has 3 saturated heterocycles. The lowest BCUT2D eigenvalue weighted by Crippen LogP contribution is -2.50. The fraction of sp³-hybridized carbons (Fsp3) is 0.741. The summed E-state index contributed by atoms with van der Waals surface area (Å²) in [7, 11) is -0.366. The van der Waals surface area contributed by atoms with Gasteiger partial charge in [0, 0.05) is 6.61 Å². The Bertz CT molecular complexity index is 862. The molecule has 1 aromatic carbocycles. The van der Waals surface area contributed by atoms with Crippen LogP contribution < -0.4 is 5.46 Å². The second kappa shape index (κ2) is 8.92. The van der Waals surface area contributed by atoms with Crippen LogP contribution in [-0.4, -0.2) is 49.7 Å². The molecule has 4 fully saturated rings. The van der Waals surface area contributed by atoms with Crippen molar-refractivity contribution in [3.05, 3.63) is 29.8 Å². The van der Waals surface area contributed by atoms with Crippen LogP contribution >= 0.6 is 0 Å². The van der Waals surface area contributed by atoms with Gasteiger partial charge in [-0.3, -0.25) is 0 Å². The van der Waals surface area contributed by atoms with Crippen molar-refractivity contribution in [2.24, 2.45) is 5.41 Å². The molecule has 0 aromatic heterocycles. The molecule has 0 N–H and O–H groups in total. The van der Waals surface area contributed by atoms with E-state index in [0.717, 1.165) is 44.2 Å². The van der Waals surface area contributed by atoms with Crippen molar-refractivity contribution in [1.82, 2.24) is 0 Å². The molecule has 4 aliphatic rings. The van der Waals surface area contributed by atoms with Gasteiger partial charge in [-0.15, -0.1) is 0 Å². The Morgan fingerprint density at radius 1 is 1.03 bits per heavy atom. The van der Waals surface area contributed by atoms with E-state index in [4.69, 9.17) is 23.5 Å². The molecule has 5 rings (SSSR count). The lowest BCUT2D eigenvalue weighted by atomic mass is 9.62. The number of benzene rings is 1. The number of carbonyl (C=O) groups excluding carboxylic acids is 1. The van der Waals surface area contributed by atoms with E-state index in [2.05, 4.69) is 52.0 Å². The zero-order valence-electron chi connectivity index (χ0n) is 22.0. The second-order valence-electron chi connectivity index (χ2n) is 12.4. The molecule has 0 spiro atoms. The number of fused-ring (bicyclic) bond motifs is 3. The van der Waals surface area contributed by atoms with Crippen molar-refractivity contribution >= 4 is 18.6 Å². The first-order chi connectivity index (χ1) is 15.8. The molecular weight excluding hydrogens is 431 g/mol. The van der Waals surface area contributed by atoms with Gasteiger partial charge in [-0.2, -0.15) is 0 Å². The maximum Gasteiger partial charge on any atom is 0.494 e. The summed E-state index contributed by atoms with van der Waals surface area (Å²) in [6, 6.07) is 8.57. The maximum atomic E-state index is 11.9. The average molecular weight is 472 g/mol. The highest BCUT2D eigenvalue weighted by Gasteiger charge is 2.53. The Labute approximate surface area is 205 Å². The van der Waals surface area contributed by atoms with Gasteiger partial charge < -0.3 is 23.5 Å². The number of hydrogen-bond acceptors (Lipinski definition) is 6. The molecule has 1 aliphatic carbocycles. The van der Waals surface area contributed by atoms with E-state index in [1.165, 1.54) is 5.56 Å². The molecule has 34 heavy (non-hydrogen) atoms. The lowest BCUT2D eigenvalue weighted by molar-refractivity contribution is -0.195. The largest absolute Gasteiger partial charge is 0.494 e. The normalized spacial score (nSPS) is 29.9. The standard InChI is InChI=1S/C27H41BO6/c1-23(2,3)32-22(29)18-30-16-15-26-11-13-27(14-12-26,31-19-26)20-9-8-10-21(17-20)28-33-24(4,5)25(6,7)34-28/h8-10,17H,11-16,18-19H2,1-7H3. The summed E-state index contributed by atoms with van der Waals surface area (Å²) in [5, 5.41) is 0. The van der Waals surface area contributed by atoms with Crippen LogP contribution in [-0.2, 0) is 33.9 Å². The van der Waals surface area contributed by atoms with Crippen LogP contribution in [0.4, 0.5) is 0 Å². The van der Waals surface area contributed by atoms with Gasteiger partial charge in [-0.25, -0.2) is 4.79 Å². The molecule has 0 amide bonds. The average Bonchev–Trinajstić information content (AvgIpc) is 2.98. The van der Waals surface area contributed by atoms with Gasteiger partial charge in [0.1, 0.15) is 12.2 Å². The van der Waals surface area contributed by atoms with Crippen LogP contribution in [0.2, 0.25) is 0 Å². The summed E-state index contributed by atoms with van der Waals surface area (Å²) in [6.07, 6.45) is 5.09. The van der Waals surface area contributed by atoms with E-state index in [9.17, 15) is 4.79 Å². The lowest BCUT2D eigenvalue weighted by Gasteiger charge is -2.53. The monoisotopic (exact) mass is 472 g/mol. The summed E-state index contributed by atoms with van der Waals surface area (Å²) < 4.78 is 30.1. The fourth-order valence-corrected chi connectivity index (χ4v) is 5.22. The SMILES string of the molecule is CC(C)(C)OC(=O)COCCC12CCC(c3cccc(B4OC(C)(C)C(C)(C)O4)c3)(CC1)OC2. The van der Waals surface area contributed by atoms with Crippen molar-refractivity contribution < 1.29 is 28.3 Å². The van der Waals surface area contributed by atoms with Crippen molar-refractivity contribution in [1.29, 1.82) is 0 Å². The summed E-state index contributed by atoms with van der Waals surface area (Å²) in [5.41, 5.74) is 0.967. The molecular formula is C27H41BO6. The maximum absolute atomic E-state index is 11.9. The molecule has 3 aliphatic heterocycles. The van der Waals surface area contributed by atoms with Gasteiger partial charge in [-0.1, -0.05) is 24.3 Å². The van der Waals surface area contributed by atoms with E-state index in [1.807, 2.05) is 20.8 Å². The molecule has 0 atom stereocenters. The first-order valence-electron chi connectivity index (χ1n) is 12.6. The van der Waals surface area contributed by atoms with Gasteiger partial charge in [-0.05, 0) is 97.0 Å². The predicted molar refractivity (Wildman–Crippen MR) is 132 cm³/mol. The van der Waals surface area contributed by atoms with Crippen molar-refractivity contribution in [3.63, 3.8) is 0 Å². The fourth-order valence-electron chi connectivity index (χ4n) is 5.22. The highest BCUT2D eigenvalue weighted by molar-refractivity contribution is 6.62. The highest BCUT2D eigenvalue weighted by atomic mass is 16.7. The molecule has 3 heterocycles. The summed E-state index contributed by atoms with van der Waals surface area (Å²) >= 11 is 0. The minimum Gasteiger partial charge on any atom is -0.458 e. The Morgan fingerprint density at radius 3 is 2.24 bits per heavy atom. The van der Waals surface area contributed by atoms with Crippen molar-refractivity contribution in [2.45, 2.75) is 103 Å². The Morgan fingerprint density at radius 2 is 1.68 bits per heavy atom. The zero-order valence-corrected chi connectivity index (χ0v) is 22.0. The van der Waals surface area contributed by atoms with Gasteiger partial charge in [0.25, 0.3) is 0 Å². The molecule has 0 unspecified atom stereocenters. The van der Waals surface area contributed by atoms with Crippen LogP contribution in [0.3, 0.4) is 0 Å². The third-order valence-electron chi connectivity index (χ3n) is 8.13. The molecule has 0 radical (unpaired) electrons. The minimum atomic E-state index is -0.483. The van der Waals surface area contributed by atoms with Crippen molar-refractivity contribution in [2.75, 3.05) is 19.8 Å². The number of carbonyl (C=O) groups is 1. The van der Waals surface area contributed by atoms with E-state index >= 15 is 0 Å². The Kier molecular flexibility index (Phi) is 6.73. The van der Waals surface area contributed by atoms with Gasteiger partial charge >= 0.3 is 13.1 Å². The molecule has 7 heteroatoms. The van der Waals surface area contributed by atoms with E-state index in [-0.39, 0.29) is 41.9 Å². The first kappa shape index (κ1) is 25.7. The van der Waals surface area contributed by atoms with E-state index < -0.39 is 5.60 Å².